The second-order valence-corrected chi connectivity index (χ2v) is 9.30. The Labute approximate surface area is 188 Å². The third kappa shape index (κ3) is 6.31. The third-order valence-electron chi connectivity index (χ3n) is 4.11. The summed E-state index contributed by atoms with van der Waals surface area (Å²) >= 11 is 1.07. The lowest BCUT2D eigenvalue weighted by Gasteiger charge is -2.05. The van der Waals surface area contributed by atoms with E-state index >= 15 is 0 Å². The van der Waals surface area contributed by atoms with Crippen molar-refractivity contribution in [2.45, 2.75) is 12.1 Å². The molecule has 2 aromatic carbocycles. The lowest BCUT2D eigenvalue weighted by atomic mass is 10.2. The maximum atomic E-state index is 12.1. The number of hydrogen-bond donors (Lipinski definition) is 2. The molecule has 3 rings (SSSR count). The fourth-order valence-electron chi connectivity index (χ4n) is 2.45. The summed E-state index contributed by atoms with van der Waals surface area (Å²) in [6, 6.07) is 12.8. The normalized spacial score (nSPS) is 11.1. The number of nitrogens with one attached hydrogen (secondary N) is 2. The summed E-state index contributed by atoms with van der Waals surface area (Å²) in [7, 11) is -2.06. The molecule has 10 nitrogen and oxygen atoms in total. The van der Waals surface area contributed by atoms with Gasteiger partial charge in [-0.1, -0.05) is 11.8 Å². The Kier molecular flexibility index (Phi) is 7.49. The summed E-state index contributed by atoms with van der Waals surface area (Å²) in [4.78, 5) is 23.6. The van der Waals surface area contributed by atoms with Gasteiger partial charge in [-0.2, -0.15) is 0 Å². The van der Waals surface area contributed by atoms with Crippen molar-refractivity contribution in [1.82, 2.24) is 10.2 Å². The molecule has 0 radical (unpaired) electrons. The molecule has 3 aromatic rings. The number of hydrogen-bond acceptors (Lipinski definition) is 9. The van der Waals surface area contributed by atoms with Gasteiger partial charge < -0.3 is 14.5 Å². The van der Waals surface area contributed by atoms with Gasteiger partial charge in [-0.05, 0) is 55.5 Å². The molecule has 0 aliphatic rings. The van der Waals surface area contributed by atoms with Crippen LogP contribution in [-0.4, -0.2) is 49.1 Å². The van der Waals surface area contributed by atoms with E-state index in [1.165, 1.54) is 7.11 Å². The van der Waals surface area contributed by atoms with Crippen molar-refractivity contribution in [2.24, 2.45) is 0 Å². The molecule has 0 spiro atoms. The summed E-state index contributed by atoms with van der Waals surface area (Å²) < 4.78 is 35.9. The number of methoxy groups -OCH3 is 1. The van der Waals surface area contributed by atoms with Crippen LogP contribution in [0.1, 0.15) is 17.3 Å². The largest absolute Gasteiger partial charge is 0.465 e. The number of rotatable bonds is 9. The molecule has 1 aromatic heterocycles. The Morgan fingerprint density at radius 1 is 1.03 bits per heavy atom. The predicted octanol–water partition coefficient (Wildman–Crippen LogP) is 3.02. The van der Waals surface area contributed by atoms with Crippen LogP contribution in [0.15, 0.2) is 58.2 Å². The van der Waals surface area contributed by atoms with E-state index in [0.29, 0.717) is 22.5 Å². The van der Waals surface area contributed by atoms with Crippen LogP contribution in [0.25, 0.3) is 11.5 Å². The molecule has 0 saturated carbocycles. The van der Waals surface area contributed by atoms with Gasteiger partial charge in [0.15, 0.2) is 0 Å². The van der Waals surface area contributed by atoms with E-state index in [0.717, 1.165) is 11.8 Å². The van der Waals surface area contributed by atoms with Crippen LogP contribution in [0.3, 0.4) is 0 Å². The SMILES string of the molecule is CCS(=O)(=O)Nc1ccc(-c2nnc(SCC(=O)Nc3ccc(C(=O)OC)cc3)o2)cc1. The number of nitrogens with zero attached hydrogens (tertiary/aromatic N) is 2. The summed E-state index contributed by atoms with van der Waals surface area (Å²) in [5, 5.41) is 10.8. The smallest absolute Gasteiger partial charge is 0.337 e. The van der Waals surface area contributed by atoms with Crippen molar-refractivity contribution in [3.63, 3.8) is 0 Å². The van der Waals surface area contributed by atoms with Crippen molar-refractivity contribution in [2.75, 3.05) is 28.7 Å². The summed E-state index contributed by atoms with van der Waals surface area (Å²) in [6.45, 7) is 1.55. The predicted molar refractivity (Wildman–Crippen MR) is 120 cm³/mol. The van der Waals surface area contributed by atoms with Crippen LogP contribution in [0, 0.1) is 0 Å². The van der Waals surface area contributed by atoms with Gasteiger partial charge in [0.05, 0.1) is 24.2 Å². The van der Waals surface area contributed by atoms with Crippen molar-refractivity contribution in [1.29, 1.82) is 0 Å². The molecule has 0 saturated heterocycles. The molecule has 168 valence electrons. The van der Waals surface area contributed by atoms with E-state index in [4.69, 9.17) is 4.42 Å². The first kappa shape index (κ1) is 23.3. The first-order valence-electron chi connectivity index (χ1n) is 9.35. The maximum absolute atomic E-state index is 12.1. The van der Waals surface area contributed by atoms with Crippen molar-refractivity contribution in [3.8, 4) is 11.5 Å². The molecule has 0 unspecified atom stereocenters. The van der Waals surface area contributed by atoms with Gasteiger partial charge in [0, 0.05) is 16.9 Å². The van der Waals surface area contributed by atoms with E-state index in [1.54, 1.807) is 55.5 Å². The third-order valence-corrected chi connectivity index (χ3v) is 6.23. The molecule has 1 heterocycles. The van der Waals surface area contributed by atoms with Crippen molar-refractivity contribution < 1.29 is 27.2 Å². The zero-order valence-corrected chi connectivity index (χ0v) is 18.8. The van der Waals surface area contributed by atoms with E-state index in [-0.39, 0.29) is 28.5 Å². The second-order valence-electron chi connectivity index (χ2n) is 6.36. The molecule has 12 heteroatoms. The molecule has 0 bridgehead atoms. The number of sulfonamides is 1. The van der Waals surface area contributed by atoms with Gasteiger partial charge in [0.1, 0.15) is 0 Å². The average Bonchev–Trinajstić information content (AvgIpc) is 3.27. The Bertz CT molecular complexity index is 1190. The molecule has 1 amide bonds. The van der Waals surface area contributed by atoms with Gasteiger partial charge in [0.2, 0.25) is 21.8 Å². The number of esters is 1. The molecular formula is C20H20N4O6S2. The summed E-state index contributed by atoms with van der Waals surface area (Å²) in [5.74, 6) is -0.476. The Morgan fingerprint density at radius 2 is 1.69 bits per heavy atom. The van der Waals surface area contributed by atoms with Gasteiger partial charge >= 0.3 is 5.97 Å². The van der Waals surface area contributed by atoms with Crippen LogP contribution >= 0.6 is 11.8 Å². The van der Waals surface area contributed by atoms with E-state index in [1.807, 2.05) is 0 Å². The van der Waals surface area contributed by atoms with Crippen LogP contribution in [0.2, 0.25) is 0 Å². The van der Waals surface area contributed by atoms with Crippen LogP contribution in [0.5, 0.6) is 0 Å². The van der Waals surface area contributed by atoms with Crippen LogP contribution in [-0.2, 0) is 19.6 Å². The number of carbonyl (C=O) groups excluding carboxylic acids is 2. The fourth-order valence-corrected chi connectivity index (χ4v) is 3.65. The number of carbonyl (C=O) groups is 2. The molecule has 32 heavy (non-hydrogen) atoms. The number of ether oxygens (including phenoxy) is 1. The molecule has 0 aliphatic carbocycles. The Balaban J connectivity index is 1.54. The highest BCUT2D eigenvalue weighted by molar-refractivity contribution is 7.99. The van der Waals surface area contributed by atoms with Gasteiger partial charge in [-0.25, -0.2) is 13.2 Å². The number of amides is 1. The zero-order chi connectivity index (χ0) is 23.1. The standard InChI is InChI=1S/C20H20N4O6S2/c1-3-32(27,28)24-16-10-4-13(5-11-16)18-22-23-20(30-18)31-12-17(25)21-15-8-6-14(7-9-15)19(26)29-2/h4-11,24H,3,12H2,1-2H3,(H,21,25). The van der Waals surface area contributed by atoms with Gasteiger partial charge in [-0.3, -0.25) is 9.52 Å². The molecule has 0 atom stereocenters. The second kappa shape index (κ2) is 10.3. The lowest BCUT2D eigenvalue weighted by Crippen LogP contribution is -2.14. The minimum absolute atomic E-state index is 0.0224. The summed E-state index contributed by atoms with van der Waals surface area (Å²) in [6.07, 6.45) is 0. The lowest BCUT2D eigenvalue weighted by molar-refractivity contribution is -0.113. The van der Waals surface area contributed by atoms with E-state index in [2.05, 4.69) is 25.0 Å². The quantitative estimate of drug-likeness (QED) is 0.352. The maximum Gasteiger partial charge on any atom is 0.337 e. The van der Waals surface area contributed by atoms with Gasteiger partial charge in [-0.15, -0.1) is 10.2 Å². The highest BCUT2D eigenvalue weighted by Crippen LogP contribution is 2.25. The molecule has 0 aliphatic heterocycles. The highest BCUT2D eigenvalue weighted by Gasteiger charge is 2.13. The average molecular weight is 477 g/mol. The van der Waals surface area contributed by atoms with Crippen molar-refractivity contribution in [3.05, 3.63) is 54.1 Å². The Hall–Kier alpha value is -3.38. The fraction of sp³-hybridized carbons (Fsp3) is 0.200. The molecule has 2 N–H and O–H groups in total. The van der Waals surface area contributed by atoms with Crippen LogP contribution in [0.4, 0.5) is 11.4 Å². The van der Waals surface area contributed by atoms with Gasteiger partial charge in [0.25, 0.3) is 5.22 Å². The van der Waals surface area contributed by atoms with Crippen molar-refractivity contribution >= 4 is 45.0 Å². The number of benzene rings is 2. The highest BCUT2D eigenvalue weighted by atomic mass is 32.2. The monoisotopic (exact) mass is 476 g/mol. The number of thioether (sulfide) groups is 1. The van der Waals surface area contributed by atoms with E-state index in [9.17, 15) is 18.0 Å². The first-order valence-corrected chi connectivity index (χ1v) is 12.0. The topological polar surface area (TPSA) is 140 Å². The van der Waals surface area contributed by atoms with Crippen LogP contribution < -0.4 is 10.0 Å². The first-order chi connectivity index (χ1) is 15.3. The minimum atomic E-state index is -3.35. The zero-order valence-electron chi connectivity index (χ0n) is 17.2. The molecule has 0 fully saturated rings. The number of aromatic nitrogens is 2. The molecular weight excluding hydrogens is 456 g/mol. The Morgan fingerprint density at radius 3 is 2.31 bits per heavy atom. The summed E-state index contributed by atoms with van der Waals surface area (Å²) in [5.41, 5.74) is 1.96. The number of anilines is 2. The van der Waals surface area contributed by atoms with E-state index < -0.39 is 16.0 Å². The minimum Gasteiger partial charge on any atom is -0.465 e.